The van der Waals surface area contributed by atoms with Crippen molar-refractivity contribution >= 4 is 11.0 Å². The molecule has 4 heteroatoms. The van der Waals surface area contributed by atoms with Crippen molar-refractivity contribution in [1.29, 1.82) is 0 Å². The summed E-state index contributed by atoms with van der Waals surface area (Å²) in [7, 11) is 0. The number of rotatable bonds is 4. The van der Waals surface area contributed by atoms with E-state index >= 15 is 0 Å². The van der Waals surface area contributed by atoms with Crippen LogP contribution in [0.15, 0.2) is 24.5 Å². The van der Waals surface area contributed by atoms with Crippen LogP contribution in [0, 0.1) is 0 Å². The Morgan fingerprint density at radius 3 is 3.06 bits per heavy atom. The third-order valence-corrected chi connectivity index (χ3v) is 3.53. The summed E-state index contributed by atoms with van der Waals surface area (Å²) in [6.07, 6.45) is 4.09. The number of H-pyrrole nitrogens is 1. The van der Waals surface area contributed by atoms with Gasteiger partial charge in [0.2, 0.25) is 0 Å². The maximum atomic E-state index is 5.35. The fraction of sp³-hybridized carbons (Fsp3) is 0.500. The number of hydrogen-bond acceptors (Lipinski definition) is 3. The highest BCUT2D eigenvalue weighted by atomic mass is 16.5. The van der Waals surface area contributed by atoms with Crippen LogP contribution in [0.1, 0.15) is 12.0 Å². The molecular formula is C14H19N3O. The molecule has 1 saturated heterocycles. The highest BCUT2D eigenvalue weighted by Crippen LogP contribution is 2.13. The number of benzene rings is 1. The van der Waals surface area contributed by atoms with E-state index in [-0.39, 0.29) is 0 Å². The van der Waals surface area contributed by atoms with Crippen molar-refractivity contribution in [3.05, 3.63) is 30.1 Å². The zero-order chi connectivity index (χ0) is 12.2. The minimum Gasteiger partial charge on any atom is -0.379 e. The monoisotopic (exact) mass is 245 g/mol. The molecule has 0 bridgehead atoms. The molecule has 1 aliphatic heterocycles. The lowest BCUT2D eigenvalue weighted by atomic mass is 10.1. The van der Waals surface area contributed by atoms with E-state index in [9.17, 15) is 0 Å². The summed E-state index contributed by atoms with van der Waals surface area (Å²) in [6, 6.07) is 6.49. The SMILES string of the molecule is c1nc2ccc(CCCN3CCOCC3)cc2[nH]1. The number of nitrogens with zero attached hydrogens (tertiary/aromatic N) is 2. The van der Waals surface area contributed by atoms with Crippen LogP contribution in [-0.2, 0) is 11.2 Å². The number of ether oxygens (including phenoxy) is 1. The van der Waals surface area contributed by atoms with Gasteiger partial charge in [-0.25, -0.2) is 4.98 Å². The molecule has 0 amide bonds. The van der Waals surface area contributed by atoms with Gasteiger partial charge in [0.1, 0.15) is 0 Å². The molecule has 1 aliphatic rings. The predicted molar refractivity (Wildman–Crippen MR) is 71.7 cm³/mol. The van der Waals surface area contributed by atoms with E-state index in [0.29, 0.717) is 0 Å². The summed E-state index contributed by atoms with van der Waals surface area (Å²) >= 11 is 0. The van der Waals surface area contributed by atoms with Crippen molar-refractivity contribution in [2.45, 2.75) is 12.8 Å². The molecule has 96 valence electrons. The number of imidazole rings is 1. The van der Waals surface area contributed by atoms with E-state index in [1.54, 1.807) is 6.33 Å². The van der Waals surface area contributed by atoms with E-state index in [4.69, 9.17) is 4.74 Å². The summed E-state index contributed by atoms with van der Waals surface area (Å²) in [5.41, 5.74) is 3.57. The van der Waals surface area contributed by atoms with Crippen LogP contribution in [0.2, 0.25) is 0 Å². The Morgan fingerprint density at radius 1 is 1.28 bits per heavy atom. The van der Waals surface area contributed by atoms with E-state index in [2.05, 4.69) is 33.1 Å². The van der Waals surface area contributed by atoms with Gasteiger partial charge in [-0.2, -0.15) is 0 Å². The topological polar surface area (TPSA) is 41.2 Å². The first-order chi connectivity index (χ1) is 8.92. The van der Waals surface area contributed by atoms with Crippen LogP contribution in [0.3, 0.4) is 0 Å². The molecule has 2 heterocycles. The molecule has 2 aromatic rings. The first-order valence-corrected chi connectivity index (χ1v) is 6.64. The molecule has 0 atom stereocenters. The maximum Gasteiger partial charge on any atom is 0.0931 e. The highest BCUT2D eigenvalue weighted by molar-refractivity contribution is 5.74. The molecule has 3 rings (SSSR count). The van der Waals surface area contributed by atoms with Crippen LogP contribution >= 0.6 is 0 Å². The maximum absolute atomic E-state index is 5.35. The highest BCUT2D eigenvalue weighted by Gasteiger charge is 2.09. The van der Waals surface area contributed by atoms with Crippen LogP contribution < -0.4 is 0 Å². The lowest BCUT2D eigenvalue weighted by molar-refractivity contribution is 0.0375. The zero-order valence-electron chi connectivity index (χ0n) is 10.6. The quantitative estimate of drug-likeness (QED) is 0.893. The molecule has 0 spiro atoms. The Kier molecular flexibility index (Phi) is 3.57. The second kappa shape index (κ2) is 5.50. The Labute approximate surface area is 107 Å². The molecule has 4 nitrogen and oxygen atoms in total. The van der Waals surface area contributed by atoms with E-state index < -0.39 is 0 Å². The minimum absolute atomic E-state index is 0.889. The number of hydrogen-bond donors (Lipinski definition) is 1. The van der Waals surface area contributed by atoms with Crippen molar-refractivity contribution < 1.29 is 4.74 Å². The third-order valence-electron chi connectivity index (χ3n) is 3.53. The molecule has 0 unspecified atom stereocenters. The molecule has 0 aliphatic carbocycles. The summed E-state index contributed by atoms with van der Waals surface area (Å²) in [5, 5.41) is 0. The largest absolute Gasteiger partial charge is 0.379 e. The van der Waals surface area contributed by atoms with Crippen LogP contribution in [0.5, 0.6) is 0 Å². The van der Waals surface area contributed by atoms with Gasteiger partial charge in [-0.15, -0.1) is 0 Å². The molecule has 1 aromatic heterocycles. The van der Waals surface area contributed by atoms with Gasteiger partial charge < -0.3 is 9.72 Å². The normalized spacial score (nSPS) is 17.3. The van der Waals surface area contributed by atoms with Crippen molar-refractivity contribution in [2.75, 3.05) is 32.8 Å². The van der Waals surface area contributed by atoms with Crippen LogP contribution in [0.4, 0.5) is 0 Å². The van der Waals surface area contributed by atoms with E-state index in [1.165, 1.54) is 18.5 Å². The number of fused-ring (bicyclic) bond motifs is 1. The molecule has 18 heavy (non-hydrogen) atoms. The second-order valence-electron chi connectivity index (χ2n) is 4.81. The van der Waals surface area contributed by atoms with Crippen LogP contribution in [-0.4, -0.2) is 47.7 Å². The average Bonchev–Trinajstić information content (AvgIpc) is 2.87. The standard InChI is InChI=1S/C14H19N3O/c1(5-17-6-8-18-9-7-17)2-12-3-4-13-14(10-12)16-11-15-13/h3-4,10-11H,1-2,5-9H2,(H,15,16). The number of aryl methyl sites for hydroxylation is 1. The first kappa shape index (κ1) is 11.7. The van der Waals surface area contributed by atoms with Crippen LogP contribution in [0.25, 0.3) is 11.0 Å². The lowest BCUT2D eigenvalue weighted by Crippen LogP contribution is -2.36. The number of aromatic nitrogens is 2. The van der Waals surface area contributed by atoms with Gasteiger partial charge in [0.25, 0.3) is 0 Å². The molecule has 1 fully saturated rings. The summed E-state index contributed by atoms with van der Waals surface area (Å²) < 4.78 is 5.35. The number of nitrogens with one attached hydrogen (secondary N) is 1. The van der Waals surface area contributed by atoms with Crippen molar-refractivity contribution in [1.82, 2.24) is 14.9 Å². The third kappa shape index (κ3) is 2.71. The molecular weight excluding hydrogens is 226 g/mol. The van der Waals surface area contributed by atoms with Crippen molar-refractivity contribution in [3.63, 3.8) is 0 Å². The van der Waals surface area contributed by atoms with Gasteiger partial charge in [-0.3, -0.25) is 4.90 Å². The van der Waals surface area contributed by atoms with Gasteiger partial charge in [-0.1, -0.05) is 6.07 Å². The zero-order valence-corrected chi connectivity index (χ0v) is 10.6. The van der Waals surface area contributed by atoms with Gasteiger partial charge in [-0.05, 0) is 37.1 Å². The summed E-state index contributed by atoms with van der Waals surface area (Å²) in [5.74, 6) is 0. The molecule has 0 saturated carbocycles. The van der Waals surface area contributed by atoms with Gasteiger partial charge in [0.15, 0.2) is 0 Å². The Morgan fingerprint density at radius 2 is 2.17 bits per heavy atom. The van der Waals surface area contributed by atoms with Crippen molar-refractivity contribution in [2.24, 2.45) is 0 Å². The lowest BCUT2D eigenvalue weighted by Gasteiger charge is -2.26. The fourth-order valence-corrected chi connectivity index (χ4v) is 2.47. The van der Waals surface area contributed by atoms with Gasteiger partial charge in [0, 0.05) is 13.1 Å². The molecule has 0 radical (unpaired) electrons. The predicted octanol–water partition coefficient (Wildman–Crippen LogP) is 1.83. The van der Waals surface area contributed by atoms with Gasteiger partial charge in [0.05, 0.1) is 30.6 Å². The summed E-state index contributed by atoms with van der Waals surface area (Å²) in [4.78, 5) is 9.88. The Hall–Kier alpha value is -1.39. The molecule has 1 N–H and O–H groups in total. The fourth-order valence-electron chi connectivity index (χ4n) is 2.47. The average molecular weight is 245 g/mol. The van der Waals surface area contributed by atoms with Gasteiger partial charge >= 0.3 is 0 Å². The van der Waals surface area contributed by atoms with E-state index in [0.717, 1.165) is 43.8 Å². The smallest absolute Gasteiger partial charge is 0.0931 e. The minimum atomic E-state index is 0.889. The second-order valence-corrected chi connectivity index (χ2v) is 4.81. The first-order valence-electron chi connectivity index (χ1n) is 6.64. The summed E-state index contributed by atoms with van der Waals surface area (Å²) in [6.45, 7) is 5.11. The Bertz CT molecular complexity index is 502. The Balaban J connectivity index is 1.52. The van der Waals surface area contributed by atoms with E-state index in [1.807, 2.05) is 0 Å². The number of morpholine rings is 1. The number of aromatic amines is 1. The molecule has 1 aromatic carbocycles. The van der Waals surface area contributed by atoms with Crippen molar-refractivity contribution in [3.8, 4) is 0 Å².